The van der Waals surface area contributed by atoms with Crippen LogP contribution in [0.25, 0.3) is 10.4 Å². The molecule has 0 N–H and O–H groups in total. The van der Waals surface area contributed by atoms with Crippen molar-refractivity contribution < 1.29 is 36.2 Å². The van der Waals surface area contributed by atoms with Gasteiger partial charge in [-0.15, -0.1) is 0 Å². The van der Waals surface area contributed by atoms with Gasteiger partial charge in [0.2, 0.25) is 0 Å². The summed E-state index contributed by atoms with van der Waals surface area (Å²) in [5.41, 5.74) is 7.97. The molecule has 0 saturated heterocycles. The highest BCUT2D eigenvalue weighted by Crippen LogP contribution is 2.33. The average Bonchev–Trinajstić information content (AvgIpc) is 2.51. The molecule has 1 rings (SSSR count). The van der Waals surface area contributed by atoms with Crippen LogP contribution in [0.3, 0.4) is 0 Å². The molecule has 1 saturated carbocycles. The van der Waals surface area contributed by atoms with E-state index >= 15 is 0 Å². The fourth-order valence-electron chi connectivity index (χ4n) is 1.81. The minimum Gasteiger partial charge on any atom is -0.456 e. The fraction of sp³-hybridized carbons (Fsp3) is 0.909. The minimum atomic E-state index is -2.94. The second kappa shape index (κ2) is 8.74. The third-order valence-corrected chi connectivity index (χ3v) is 2.96. The summed E-state index contributed by atoms with van der Waals surface area (Å²) >= 11 is 0. The standard InChI is InChI=1S/C11H14F5N3O3/c12-6-7(13)9(15)11(10(16)8(6)14)22-5(20)1-3-21-4-2-18-19-17/h6-11H,1-4H2. The van der Waals surface area contributed by atoms with Crippen molar-refractivity contribution in [1.29, 1.82) is 0 Å². The van der Waals surface area contributed by atoms with Crippen molar-refractivity contribution in [3.63, 3.8) is 0 Å². The quantitative estimate of drug-likeness (QED) is 0.179. The number of ether oxygens (including phenoxy) is 2. The first-order valence-corrected chi connectivity index (χ1v) is 6.38. The summed E-state index contributed by atoms with van der Waals surface area (Å²) in [7, 11) is 0. The van der Waals surface area contributed by atoms with Gasteiger partial charge in [-0.3, -0.25) is 4.79 Å². The van der Waals surface area contributed by atoms with E-state index in [0.29, 0.717) is 0 Å². The molecule has 0 bridgehead atoms. The van der Waals surface area contributed by atoms with Gasteiger partial charge in [0.25, 0.3) is 0 Å². The predicted octanol–water partition coefficient (Wildman–Crippen LogP) is 2.32. The Bertz CT molecular complexity index is 408. The molecule has 1 fully saturated rings. The van der Waals surface area contributed by atoms with Crippen molar-refractivity contribution in [2.75, 3.05) is 19.8 Å². The molecule has 0 aromatic rings. The second-order valence-corrected chi connectivity index (χ2v) is 4.49. The Hall–Kier alpha value is -1.61. The van der Waals surface area contributed by atoms with E-state index in [2.05, 4.69) is 14.8 Å². The van der Waals surface area contributed by atoms with Crippen LogP contribution in [0.2, 0.25) is 0 Å². The number of hydrogen-bond donors (Lipinski definition) is 0. The second-order valence-electron chi connectivity index (χ2n) is 4.49. The highest BCUT2D eigenvalue weighted by atomic mass is 19.2. The van der Waals surface area contributed by atoms with Crippen LogP contribution in [0, 0.1) is 0 Å². The summed E-state index contributed by atoms with van der Waals surface area (Å²) in [5, 5.41) is 3.15. The first kappa shape index (κ1) is 18.4. The van der Waals surface area contributed by atoms with Crippen molar-refractivity contribution in [2.24, 2.45) is 5.11 Å². The molecular weight excluding hydrogens is 317 g/mol. The van der Waals surface area contributed by atoms with E-state index in [1.54, 1.807) is 0 Å². The summed E-state index contributed by atoms with van der Waals surface area (Å²) < 4.78 is 75.2. The Kier molecular flexibility index (Phi) is 7.33. The van der Waals surface area contributed by atoms with Gasteiger partial charge in [0.15, 0.2) is 37.0 Å². The van der Waals surface area contributed by atoms with E-state index in [1.165, 1.54) is 0 Å². The molecule has 0 radical (unpaired) electrons. The zero-order chi connectivity index (χ0) is 16.7. The van der Waals surface area contributed by atoms with Crippen LogP contribution in [0.4, 0.5) is 22.0 Å². The van der Waals surface area contributed by atoms with E-state index in [0.717, 1.165) is 0 Å². The molecule has 0 heterocycles. The number of carbonyl (C=O) groups is 1. The number of alkyl halides is 5. The van der Waals surface area contributed by atoms with E-state index < -0.39 is 49.4 Å². The van der Waals surface area contributed by atoms with Gasteiger partial charge in [0.05, 0.1) is 19.6 Å². The number of esters is 1. The highest BCUT2D eigenvalue weighted by molar-refractivity contribution is 5.69. The van der Waals surface area contributed by atoms with Gasteiger partial charge in [0.1, 0.15) is 0 Å². The molecular formula is C11H14F5N3O3. The molecule has 0 spiro atoms. The SMILES string of the molecule is [N-]=[N+]=NCCOCCC(=O)OC1C(F)C(F)C(F)C(F)C1F. The molecule has 0 aromatic heterocycles. The summed E-state index contributed by atoms with van der Waals surface area (Å²) in [6.07, 6.45) is -17.1. The Labute approximate surface area is 122 Å². The van der Waals surface area contributed by atoms with Gasteiger partial charge in [-0.05, 0) is 5.53 Å². The normalized spacial score (nSPS) is 34.8. The number of halogens is 5. The Morgan fingerprint density at radius 3 is 2.09 bits per heavy atom. The van der Waals surface area contributed by atoms with Crippen LogP contribution in [-0.2, 0) is 14.3 Å². The maximum absolute atomic E-state index is 13.4. The smallest absolute Gasteiger partial charge is 0.308 e. The summed E-state index contributed by atoms with van der Waals surface area (Å²) in [6.45, 7) is -0.163. The summed E-state index contributed by atoms with van der Waals surface area (Å²) in [4.78, 5) is 13.8. The fourth-order valence-corrected chi connectivity index (χ4v) is 1.81. The monoisotopic (exact) mass is 331 g/mol. The van der Waals surface area contributed by atoms with Crippen molar-refractivity contribution in [3.05, 3.63) is 10.4 Å². The van der Waals surface area contributed by atoms with Crippen LogP contribution in [0.5, 0.6) is 0 Å². The molecule has 0 aromatic carbocycles. The predicted molar refractivity (Wildman–Crippen MR) is 63.8 cm³/mol. The van der Waals surface area contributed by atoms with Gasteiger partial charge in [-0.1, -0.05) is 5.11 Å². The number of carbonyl (C=O) groups excluding carboxylic acids is 1. The molecule has 0 amide bonds. The van der Waals surface area contributed by atoms with Crippen molar-refractivity contribution >= 4 is 5.97 Å². The molecule has 4 atom stereocenters. The summed E-state index contributed by atoms with van der Waals surface area (Å²) in [6, 6.07) is 0. The lowest BCUT2D eigenvalue weighted by atomic mass is 9.89. The van der Waals surface area contributed by atoms with Gasteiger partial charge < -0.3 is 9.47 Å². The zero-order valence-electron chi connectivity index (χ0n) is 11.2. The lowest BCUT2D eigenvalue weighted by Gasteiger charge is -2.35. The molecule has 22 heavy (non-hydrogen) atoms. The summed E-state index contributed by atoms with van der Waals surface area (Å²) in [5.74, 6) is -1.14. The van der Waals surface area contributed by atoms with E-state index in [1.807, 2.05) is 0 Å². The van der Waals surface area contributed by atoms with Crippen LogP contribution in [0.15, 0.2) is 5.11 Å². The first-order valence-electron chi connectivity index (χ1n) is 6.38. The van der Waals surface area contributed by atoms with Crippen molar-refractivity contribution in [2.45, 2.75) is 43.4 Å². The van der Waals surface area contributed by atoms with Crippen molar-refractivity contribution in [3.8, 4) is 0 Å². The number of rotatable bonds is 7. The largest absolute Gasteiger partial charge is 0.456 e. The van der Waals surface area contributed by atoms with Crippen molar-refractivity contribution in [1.82, 2.24) is 0 Å². The highest BCUT2D eigenvalue weighted by Gasteiger charge is 2.55. The third-order valence-electron chi connectivity index (χ3n) is 2.96. The van der Waals surface area contributed by atoms with Gasteiger partial charge in [-0.2, -0.15) is 0 Å². The topological polar surface area (TPSA) is 84.3 Å². The lowest BCUT2D eigenvalue weighted by molar-refractivity contribution is -0.177. The number of azide groups is 1. The Morgan fingerprint density at radius 1 is 1.00 bits per heavy atom. The average molecular weight is 331 g/mol. The molecule has 6 nitrogen and oxygen atoms in total. The molecule has 1 aliphatic carbocycles. The van der Waals surface area contributed by atoms with Gasteiger partial charge >= 0.3 is 5.97 Å². The lowest BCUT2D eigenvalue weighted by Crippen LogP contribution is -2.57. The molecule has 0 aliphatic heterocycles. The first-order chi connectivity index (χ1) is 10.4. The van der Waals surface area contributed by atoms with Crippen LogP contribution < -0.4 is 0 Å². The molecule has 126 valence electrons. The molecule has 4 unspecified atom stereocenters. The number of hydrogen-bond acceptors (Lipinski definition) is 4. The Balaban J connectivity index is 2.40. The van der Waals surface area contributed by atoms with Crippen LogP contribution in [0.1, 0.15) is 6.42 Å². The van der Waals surface area contributed by atoms with Crippen LogP contribution in [-0.4, -0.2) is 62.7 Å². The number of nitrogens with zero attached hydrogens (tertiary/aromatic N) is 3. The zero-order valence-corrected chi connectivity index (χ0v) is 11.2. The van der Waals surface area contributed by atoms with Crippen LogP contribution >= 0.6 is 0 Å². The van der Waals surface area contributed by atoms with E-state index in [9.17, 15) is 26.7 Å². The third kappa shape index (κ3) is 4.70. The maximum Gasteiger partial charge on any atom is 0.308 e. The molecule has 1 aliphatic rings. The minimum absolute atomic E-state index is 0.0148. The Morgan fingerprint density at radius 2 is 1.55 bits per heavy atom. The maximum atomic E-state index is 13.4. The van der Waals surface area contributed by atoms with E-state index in [-0.39, 0.29) is 19.8 Å². The molecule has 11 heteroatoms. The van der Waals surface area contributed by atoms with Gasteiger partial charge in [-0.25, -0.2) is 22.0 Å². The van der Waals surface area contributed by atoms with E-state index in [4.69, 9.17) is 10.3 Å². The van der Waals surface area contributed by atoms with Gasteiger partial charge in [0, 0.05) is 11.5 Å².